The van der Waals surface area contributed by atoms with Gasteiger partial charge in [0, 0.05) is 6.07 Å². The van der Waals surface area contributed by atoms with Crippen molar-refractivity contribution in [1.29, 1.82) is 0 Å². The van der Waals surface area contributed by atoms with E-state index >= 15 is 0 Å². The first-order valence-corrected chi connectivity index (χ1v) is 8.73. The second-order valence-electron chi connectivity index (χ2n) is 5.85. The maximum absolute atomic E-state index is 12.7. The van der Waals surface area contributed by atoms with Gasteiger partial charge in [0.15, 0.2) is 17.6 Å². The van der Waals surface area contributed by atoms with Gasteiger partial charge < -0.3 is 23.4 Å². The fourth-order valence-corrected chi connectivity index (χ4v) is 2.57. The molecule has 2 aromatic carbocycles. The molecule has 1 atom stereocenters. The van der Waals surface area contributed by atoms with Crippen molar-refractivity contribution in [2.75, 3.05) is 13.7 Å². The Kier molecular flexibility index (Phi) is 5.84. The lowest BCUT2D eigenvalue weighted by molar-refractivity contribution is -0.150. The van der Waals surface area contributed by atoms with Gasteiger partial charge in [-0.1, -0.05) is 12.1 Å². The summed E-state index contributed by atoms with van der Waals surface area (Å²) in [4.78, 5) is 24.4. The Morgan fingerprint density at radius 1 is 1.11 bits per heavy atom. The molecule has 0 N–H and O–H groups in total. The fraction of sp³-hybridized carbons (Fsp3) is 0.238. The number of hydrogen-bond acceptors (Lipinski definition) is 7. The van der Waals surface area contributed by atoms with Crippen molar-refractivity contribution in [3.05, 3.63) is 59.0 Å². The summed E-state index contributed by atoms with van der Waals surface area (Å²) in [6, 6.07) is 11.7. The van der Waals surface area contributed by atoms with Gasteiger partial charge in [0.1, 0.15) is 17.6 Å². The van der Waals surface area contributed by atoms with E-state index in [1.54, 1.807) is 56.3 Å². The topological polar surface area (TPSA) is 84.2 Å². The highest BCUT2D eigenvalue weighted by molar-refractivity contribution is 5.79. The molecule has 7 nitrogen and oxygen atoms in total. The van der Waals surface area contributed by atoms with E-state index in [1.165, 1.54) is 13.4 Å². The van der Waals surface area contributed by atoms with E-state index in [1.807, 2.05) is 0 Å². The fourth-order valence-electron chi connectivity index (χ4n) is 2.57. The van der Waals surface area contributed by atoms with Crippen molar-refractivity contribution in [3.8, 4) is 23.0 Å². The number of methoxy groups -OCH3 is 1. The van der Waals surface area contributed by atoms with Crippen LogP contribution in [0.15, 0.2) is 57.9 Å². The molecule has 0 saturated heterocycles. The van der Waals surface area contributed by atoms with Crippen molar-refractivity contribution >= 4 is 16.9 Å². The molecule has 0 spiro atoms. The SMILES string of the molecule is CCOC(=O)[C@H](C)Oc1ccc2c(=O)c(Oc3ccccc3OC)coc2c1. The second-order valence-corrected chi connectivity index (χ2v) is 5.85. The number of rotatable bonds is 7. The van der Waals surface area contributed by atoms with Crippen LogP contribution in [-0.2, 0) is 9.53 Å². The smallest absolute Gasteiger partial charge is 0.347 e. The molecule has 0 radical (unpaired) electrons. The molecule has 0 aliphatic rings. The van der Waals surface area contributed by atoms with Crippen LogP contribution in [0.4, 0.5) is 0 Å². The summed E-state index contributed by atoms with van der Waals surface area (Å²) in [5.74, 6) is 0.850. The molecule has 0 bridgehead atoms. The summed E-state index contributed by atoms with van der Waals surface area (Å²) in [7, 11) is 1.52. The zero-order chi connectivity index (χ0) is 20.1. The molecule has 3 aromatic rings. The number of fused-ring (bicyclic) bond motifs is 1. The Morgan fingerprint density at radius 2 is 1.86 bits per heavy atom. The molecule has 0 fully saturated rings. The van der Waals surface area contributed by atoms with Crippen LogP contribution in [0.25, 0.3) is 11.0 Å². The lowest BCUT2D eigenvalue weighted by Crippen LogP contribution is -2.26. The number of ether oxygens (including phenoxy) is 4. The third-order valence-electron chi connectivity index (χ3n) is 3.93. The summed E-state index contributed by atoms with van der Waals surface area (Å²) in [5.41, 5.74) is -0.0249. The average Bonchev–Trinajstić information content (AvgIpc) is 2.70. The highest BCUT2D eigenvalue weighted by atomic mass is 16.6. The quantitative estimate of drug-likeness (QED) is 0.571. The summed E-state index contributed by atoms with van der Waals surface area (Å²) < 4.78 is 26.9. The number of esters is 1. The zero-order valence-electron chi connectivity index (χ0n) is 15.8. The number of carbonyl (C=O) groups excluding carboxylic acids is 1. The van der Waals surface area contributed by atoms with E-state index in [4.69, 9.17) is 23.4 Å². The summed E-state index contributed by atoms with van der Waals surface area (Å²) >= 11 is 0. The molecule has 7 heteroatoms. The predicted octanol–water partition coefficient (Wildman–Crippen LogP) is 3.92. The molecule has 0 aliphatic carbocycles. The van der Waals surface area contributed by atoms with Gasteiger partial charge in [0.2, 0.25) is 11.2 Å². The maximum Gasteiger partial charge on any atom is 0.347 e. The molecule has 0 amide bonds. The number of carbonyl (C=O) groups is 1. The Hall–Kier alpha value is -3.48. The van der Waals surface area contributed by atoms with E-state index in [-0.39, 0.29) is 17.8 Å². The lowest BCUT2D eigenvalue weighted by atomic mass is 10.2. The summed E-state index contributed by atoms with van der Waals surface area (Å²) in [6.45, 7) is 3.58. The Bertz CT molecular complexity index is 1040. The van der Waals surface area contributed by atoms with Crippen LogP contribution >= 0.6 is 0 Å². The standard InChI is InChI=1S/C21H20O7/c1-4-25-21(23)13(2)27-14-9-10-15-18(11-14)26-12-19(20(15)22)28-17-8-6-5-7-16(17)24-3/h5-13H,4H2,1-3H3/t13-/m0/s1. The van der Waals surface area contributed by atoms with E-state index in [0.29, 0.717) is 28.2 Å². The summed E-state index contributed by atoms with van der Waals surface area (Å²) in [5, 5.41) is 0.323. The lowest BCUT2D eigenvalue weighted by Gasteiger charge is -2.13. The number of benzene rings is 2. The molecule has 1 aromatic heterocycles. The van der Waals surface area contributed by atoms with Crippen LogP contribution in [0, 0.1) is 0 Å². The van der Waals surface area contributed by atoms with Crippen molar-refractivity contribution in [2.45, 2.75) is 20.0 Å². The van der Waals surface area contributed by atoms with Crippen LogP contribution in [0.5, 0.6) is 23.0 Å². The van der Waals surface area contributed by atoms with Crippen molar-refractivity contribution in [2.24, 2.45) is 0 Å². The van der Waals surface area contributed by atoms with Gasteiger partial charge in [-0.3, -0.25) is 4.79 Å². The molecule has 1 heterocycles. The van der Waals surface area contributed by atoms with Crippen LogP contribution < -0.4 is 19.6 Å². The van der Waals surface area contributed by atoms with Crippen LogP contribution in [0.2, 0.25) is 0 Å². The van der Waals surface area contributed by atoms with Gasteiger partial charge in [-0.25, -0.2) is 4.79 Å². The molecule has 0 aliphatic heterocycles. The highest BCUT2D eigenvalue weighted by Crippen LogP contribution is 2.30. The number of para-hydroxylation sites is 2. The molecule has 0 saturated carbocycles. The maximum atomic E-state index is 12.7. The van der Waals surface area contributed by atoms with Crippen LogP contribution in [0.3, 0.4) is 0 Å². The minimum absolute atomic E-state index is 0.0329. The molecular formula is C21H20O7. The van der Waals surface area contributed by atoms with Crippen LogP contribution in [-0.4, -0.2) is 25.8 Å². The first-order chi connectivity index (χ1) is 13.5. The van der Waals surface area contributed by atoms with E-state index < -0.39 is 12.1 Å². The first-order valence-electron chi connectivity index (χ1n) is 8.73. The first kappa shape index (κ1) is 19.3. The molecular weight excluding hydrogens is 364 g/mol. The van der Waals surface area contributed by atoms with Gasteiger partial charge in [0.25, 0.3) is 0 Å². The average molecular weight is 384 g/mol. The van der Waals surface area contributed by atoms with Crippen LogP contribution in [0.1, 0.15) is 13.8 Å². The van der Waals surface area contributed by atoms with Gasteiger partial charge in [-0.15, -0.1) is 0 Å². The third-order valence-corrected chi connectivity index (χ3v) is 3.93. The molecule has 28 heavy (non-hydrogen) atoms. The largest absolute Gasteiger partial charge is 0.493 e. The minimum Gasteiger partial charge on any atom is -0.493 e. The highest BCUT2D eigenvalue weighted by Gasteiger charge is 2.17. The van der Waals surface area contributed by atoms with E-state index in [9.17, 15) is 9.59 Å². The van der Waals surface area contributed by atoms with Gasteiger partial charge in [0.05, 0.1) is 19.1 Å². The van der Waals surface area contributed by atoms with Crippen molar-refractivity contribution in [1.82, 2.24) is 0 Å². The zero-order valence-corrected chi connectivity index (χ0v) is 15.8. The summed E-state index contributed by atoms with van der Waals surface area (Å²) in [6.07, 6.45) is 0.452. The van der Waals surface area contributed by atoms with Crippen molar-refractivity contribution < 1.29 is 28.2 Å². The third kappa shape index (κ3) is 4.09. The van der Waals surface area contributed by atoms with Gasteiger partial charge in [-0.05, 0) is 38.1 Å². The molecule has 3 rings (SSSR count). The predicted molar refractivity (Wildman–Crippen MR) is 102 cm³/mol. The van der Waals surface area contributed by atoms with Gasteiger partial charge in [-0.2, -0.15) is 0 Å². The molecule has 146 valence electrons. The second kappa shape index (κ2) is 8.47. The monoisotopic (exact) mass is 384 g/mol. The number of hydrogen-bond donors (Lipinski definition) is 0. The Balaban J connectivity index is 1.86. The van der Waals surface area contributed by atoms with Crippen molar-refractivity contribution in [3.63, 3.8) is 0 Å². The van der Waals surface area contributed by atoms with E-state index in [2.05, 4.69) is 0 Å². The Morgan fingerprint density at radius 3 is 2.57 bits per heavy atom. The molecule has 0 unspecified atom stereocenters. The van der Waals surface area contributed by atoms with E-state index in [0.717, 1.165) is 0 Å². The van der Waals surface area contributed by atoms with Gasteiger partial charge >= 0.3 is 5.97 Å². The Labute approximate surface area is 161 Å². The normalized spacial score (nSPS) is 11.7. The minimum atomic E-state index is -0.780.